The van der Waals surface area contributed by atoms with E-state index in [1.807, 2.05) is 42.5 Å². The molecule has 0 saturated heterocycles. The monoisotopic (exact) mass is 308 g/mol. The van der Waals surface area contributed by atoms with E-state index in [1.54, 1.807) is 19.1 Å². The van der Waals surface area contributed by atoms with Gasteiger partial charge in [0.15, 0.2) is 0 Å². The molecule has 3 rings (SSSR count). The van der Waals surface area contributed by atoms with Crippen LogP contribution in [0.3, 0.4) is 0 Å². The number of rotatable bonds is 4. The first kappa shape index (κ1) is 15.0. The summed E-state index contributed by atoms with van der Waals surface area (Å²) < 4.78 is 12.9. The van der Waals surface area contributed by atoms with Gasteiger partial charge in [-0.05, 0) is 42.6 Å². The van der Waals surface area contributed by atoms with Crippen LogP contribution in [0.5, 0.6) is 0 Å². The Balaban J connectivity index is 1.74. The van der Waals surface area contributed by atoms with Crippen LogP contribution in [-0.2, 0) is 4.79 Å². The van der Waals surface area contributed by atoms with E-state index >= 15 is 0 Å². The summed E-state index contributed by atoms with van der Waals surface area (Å²) in [6.45, 7) is 1.77. The number of hydrogen-bond acceptors (Lipinski definition) is 2. The molecule has 1 atom stereocenters. The molecule has 3 aromatic rings. The average Bonchev–Trinajstić information content (AvgIpc) is 2.57. The number of halogens is 1. The normalized spacial score (nSPS) is 11.9. The van der Waals surface area contributed by atoms with E-state index in [9.17, 15) is 9.18 Å². The molecule has 4 heteroatoms. The van der Waals surface area contributed by atoms with Crippen LogP contribution in [0.25, 0.3) is 10.8 Å². The van der Waals surface area contributed by atoms with Crippen molar-refractivity contribution in [3.05, 3.63) is 72.5 Å². The molecular weight excluding hydrogens is 291 g/mol. The second-order valence-corrected chi connectivity index (χ2v) is 5.39. The van der Waals surface area contributed by atoms with Gasteiger partial charge in [0, 0.05) is 16.8 Å². The summed E-state index contributed by atoms with van der Waals surface area (Å²) in [5.74, 6) is -0.450. The molecule has 3 nitrogen and oxygen atoms in total. The highest BCUT2D eigenvalue weighted by Gasteiger charge is 2.14. The first-order chi connectivity index (χ1) is 11.1. The van der Waals surface area contributed by atoms with Gasteiger partial charge in [-0.15, -0.1) is 0 Å². The highest BCUT2D eigenvalue weighted by atomic mass is 19.1. The van der Waals surface area contributed by atoms with Gasteiger partial charge in [0.05, 0.1) is 0 Å². The van der Waals surface area contributed by atoms with Crippen molar-refractivity contribution < 1.29 is 9.18 Å². The SMILES string of the molecule is CC(Nc1ccc(F)cc1)C(=O)Nc1cccc2ccccc12. The van der Waals surface area contributed by atoms with E-state index in [0.29, 0.717) is 5.69 Å². The third-order valence-electron chi connectivity index (χ3n) is 3.67. The van der Waals surface area contributed by atoms with E-state index in [0.717, 1.165) is 16.5 Å². The zero-order valence-electron chi connectivity index (χ0n) is 12.7. The zero-order chi connectivity index (χ0) is 16.2. The van der Waals surface area contributed by atoms with Crippen molar-refractivity contribution in [2.75, 3.05) is 10.6 Å². The van der Waals surface area contributed by atoms with Crippen molar-refractivity contribution in [1.29, 1.82) is 0 Å². The predicted molar refractivity (Wildman–Crippen MR) is 92.1 cm³/mol. The number of benzene rings is 3. The first-order valence-corrected chi connectivity index (χ1v) is 7.44. The molecule has 0 aromatic heterocycles. The lowest BCUT2D eigenvalue weighted by atomic mass is 10.1. The maximum atomic E-state index is 12.9. The second-order valence-electron chi connectivity index (χ2n) is 5.39. The molecule has 3 aromatic carbocycles. The van der Waals surface area contributed by atoms with Crippen LogP contribution in [0.1, 0.15) is 6.92 Å². The number of anilines is 2. The maximum absolute atomic E-state index is 12.9. The first-order valence-electron chi connectivity index (χ1n) is 7.44. The summed E-state index contributed by atoms with van der Waals surface area (Å²) in [5.41, 5.74) is 1.48. The van der Waals surface area contributed by atoms with Crippen LogP contribution < -0.4 is 10.6 Å². The summed E-state index contributed by atoms with van der Waals surface area (Å²) in [7, 11) is 0. The van der Waals surface area contributed by atoms with Crippen LogP contribution in [0.15, 0.2) is 66.7 Å². The number of carbonyl (C=O) groups excluding carboxylic acids is 1. The number of carbonyl (C=O) groups is 1. The van der Waals surface area contributed by atoms with Gasteiger partial charge in [-0.1, -0.05) is 36.4 Å². The van der Waals surface area contributed by atoms with Crippen LogP contribution in [0.4, 0.5) is 15.8 Å². The fraction of sp³-hybridized carbons (Fsp3) is 0.105. The minimum atomic E-state index is -0.445. The van der Waals surface area contributed by atoms with Gasteiger partial charge >= 0.3 is 0 Å². The predicted octanol–water partition coefficient (Wildman–Crippen LogP) is 4.42. The Bertz CT molecular complexity index is 825. The minimum absolute atomic E-state index is 0.148. The van der Waals surface area contributed by atoms with Crippen molar-refractivity contribution in [2.45, 2.75) is 13.0 Å². The summed E-state index contributed by atoms with van der Waals surface area (Å²) in [5, 5.41) is 8.07. The molecule has 0 saturated carbocycles. The van der Waals surface area contributed by atoms with Gasteiger partial charge in [0.1, 0.15) is 11.9 Å². The lowest BCUT2D eigenvalue weighted by Crippen LogP contribution is -2.31. The average molecular weight is 308 g/mol. The molecule has 0 bridgehead atoms. The van der Waals surface area contributed by atoms with Crippen molar-refractivity contribution >= 4 is 28.1 Å². The molecule has 116 valence electrons. The number of nitrogens with one attached hydrogen (secondary N) is 2. The molecule has 0 aliphatic carbocycles. The standard InChI is InChI=1S/C19H17FN2O/c1-13(21-16-11-9-15(20)10-12-16)19(23)22-18-8-4-6-14-5-2-3-7-17(14)18/h2-13,21H,1H3,(H,22,23). The van der Waals surface area contributed by atoms with Crippen molar-refractivity contribution in [3.63, 3.8) is 0 Å². The van der Waals surface area contributed by atoms with E-state index in [-0.39, 0.29) is 11.7 Å². The molecule has 0 heterocycles. The maximum Gasteiger partial charge on any atom is 0.246 e. The quantitative estimate of drug-likeness (QED) is 0.749. The minimum Gasteiger partial charge on any atom is -0.374 e. The van der Waals surface area contributed by atoms with Crippen LogP contribution in [0.2, 0.25) is 0 Å². The molecular formula is C19H17FN2O. The van der Waals surface area contributed by atoms with Crippen LogP contribution in [0, 0.1) is 5.82 Å². The summed E-state index contributed by atoms with van der Waals surface area (Å²) >= 11 is 0. The summed E-state index contributed by atoms with van der Waals surface area (Å²) in [6.07, 6.45) is 0. The van der Waals surface area contributed by atoms with E-state index in [2.05, 4.69) is 10.6 Å². The van der Waals surface area contributed by atoms with Crippen molar-refractivity contribution in [3.8, 4) is 0 Å². The number of fused-ring (bicyclic) bond motifs is 1. The molecule has 0 radical (unpaired) electrons. The molecule has 2 N–H and O–H groups in total. The molecule has 0 spiro atoms. The topological polar surface area (TPSA) is 41.1 Å². The fourth-order valence-corrected chi connectivity index (χ4v) is 2.44. The van der Waals surface area contributed by atoms with Gasteiger partial charge in [0.25, 0.3) is 0 Å². The third kappa shape index (κ3) is 3.48. The van der Waals surface area contributed by atoms with Gasteiger partial charge in [-0.25, -0.2) is 4.39 Å². The van der Waals surface area contributed by atoms with Gasteiger partial charge in [0.2, 0.25) is 5.91 Å². The summed E-state index contributed by atoms with van der Waals surface area (Å²) in [6, 6.07) is 19.2. The molecule has 1 unspecified atom stereocenters. The van der Waals surface area contributed by atoms with E-state index < -0.39 is 6.04 Å². The van der Waals surface area contributed by atoms with Crippen LogP contribution >= 0.6 is 0 Å². The lowest BCUT2D eigenvalue weighted by molar-refractivity contribution is -0.116. The molecule has 0 aliphatic rings. The summed E-state index contributed by atoms with van der Waals surface area (Å²) in [4.78, 5) is 12.4. The number of amides is 1. The Kier molecular flexibility index (Phi) is 4.24. The largest absolute Gasteiger partial charge is 0.374 e. The Labute approximate surface area is 134 Å². The zero-order valence-corrected chi connectivity index (χ0v) is 12.7. The number of hydrogen-bond donors (Lipinski definition) is 2. The van der Waals surface area contributed by atoms with Crippen LogP contribution in [-0.4, -0.2) is 11.9 Å². The third-order valence-corrected chi connectivity index (χ3v) is 3.67. The molecule has 1 amide bonds. The van der Waals surface area contributed by atoms with Crippen molar-refractivity contribution in [2.24, 2.45) is 0 Å². The smallest absolute Gasteiger partial charge is 0.246 e. The molecule has 0 aliphatic heterocycles. The fourth-order valence-electron chi connectivity index (χ4n) is 2.44. The van der Waals surface area contributed by atoms with Gasteiger partial charge in [-0.2, -0.15) is 0 Å². The second kappa shape index (κ2) is 6.48. The molecule has 23 heavy (non-hydrogen) atoms. The molecule has 0 fully saturated rings. The Morgan fingerprint density at radius 3 is 2.43 bits per heavy atom. The highest BCUT2D eigenvalue weighted by Crippen LogP contribution is 2.23. The van der Waals surface area contributed by atoms with Gasteiger partial charge < -0.3 is 10.6 Å². The van der Waals surface area contributed by atoms with E-state index in [4.69, 9.17) is 0 Å². The van der Waals surface area contributed by atoms with Gasteiger partial charge in [-0.3, -0.25) is 4.79 Å². The highest BCUT2D eigenvalue weighted by molar-refractivity contribution is 6.04. The van der Waals surface area contributed by atoms with E-state index in [1.165, 1.54) is 12.1 Å². The van der Waals surface area contributed by atoms with Crippen molar-refractivity contribution in [1.82, 2.24) is 0 Å². The Morgan fingerprint density at radius 1 is 0.957 bits per heavy atom. The Morgan fingerprint density at radius 2 is 1.65 bits per heavy atom. The Hall–Kier alpha value is -2.88. The lowest BCUT2D eigenvalue weighted by Gasteiger charge is -2.16.